The van der Waals surface area contributed by atoms with Crippen molar-refractivity contribution in [3.05, 3.63) is 47.0 Å². The van der Waals surface area contributed by atoms with Gasteiger partial charge in [-0.1, -0.05) is 11.6 Å². The number of nitrogens with zero attached hydrogens (tertiary/aromatic N) is 6. The minimum atomic E-state index is -2.89. The van der Waals surface area contributed by atoms with Crippen LogP contribution in [0.15, 0.2) is 30.6 Å². The lowest BCUT2D eigenvalue weighted by Gasteiger charge is -2.37. The number of benzene rings is 1. The van der Waals surface area contributed by atoms with Gasteiger partial charge in [0.1, 0.15) is 6.07 Å². The molecule has 1 saturated heterocycles. The van der Waals surface area contributed by atoms with Crippen LogP contribution in [0.5, 0.6) is 0 Å². The summed E-state index contributed by atoms with van der Waals surface area (Å²) in [5.41, 5.74) is 7.96. The van der Waals surface area contributed by atoms with Crippen LogP contribution in [0.25, 0.3) is 11.0 Å². The SMILES string of the molecule is N#Cc1cnc(Cn2c(N3CCC(F)(F)C(N)C3)nc3cc(Cl)ccc32)cn1. The highest BCUT2D eigenvalue weighted by atomic mass is 35.5. The summed E-state index contributed by atoms with van der Waals surface area (Å²) >= 11 is 6.09. The molecule has 0 bridgehead atoms. The quantitative estimate of drug-likeness (QED) is 0.722. The Kier molecular flexibility index (Phi) is 4.61. The summed E-state index contributed by atoms with van der Waals surface area (Å²) < 4.78 is 29.5. The second kappa shape index (κ2) is 6.96. The number of hydrogen-bond acceptors (Lipinski definition) is 6. The molecule has 2 aromatic heterocycles. The molecule has 0 spiro atoms. The highest BCUT2D eigenvalue weighted by Gasteiger charge is 2.42. The van der Waals surface area contributed by atoms with E-state index in [9.17, 15) is 8.78 Å². The predicted molar refractivity (Wildman–Crippen MR) is 100 cm³/mol. The minimum Gasteiger partial charge on any atom is -0.340 e. The van der Waals surface area contributed by atoms with Gasteiger partial charge in [0.25, 0.3) is 5.92 Å². The molecule has 1 aromatic carbocycles. The maximum Gasteiger partial charge on any atom is 0.266 e. The van der Waals surface area contributed by atoms with Crippen LogP contribution in [-0.4, -0.2) is 44.6 Å². The lowest BCUT2D eigenvalue weighted by Crippen LogP contribution is -2.55. The van der Waals surface area contributed by atoms with Crippen molar-refractivity contribution in [3.8, 4) is 6.07 Å². The van der Waals surface area contributed by atoms with Gasteiger partial charge < -0.3 is 15.2 Å². The molecule has 3 heterocycles. The molecule has 0 radical (unpaired) electrons. The molecule has 1 aliphatic rings. The number of hydrogen-bond donors (Lipinski definition) is 1. The summed E-state index contributed by atoms with van der Waals surface area (Å²) in [6, 6.07) is 5.94. The van der Waals surface area contributed by atoms with Crippen molar-refractivity contribution in [2.75, 3.05) is 18.0 Å². The molecular weight excluding hydrogens is 388 g/mol. The van der Waals surface area contributed by atoms with Gasteiger partial charge in [0.05, 0.1) is 41.7 Å². The first-order valence-corrected chi connectivity index (χ1v) is 9.00. The minimum absolute atomic E-state index is 0.0108. The van der Waals surface area contributed by atoms with Gasteiger partial charge in [0, 0.05) is 24.5 Å². The normalized spacial score (nSPS) is 19.0. The van der Waals surface area contributed by atoms with Crippen LogP contribution in [0.3, 0.4) is 0 Å². The van der Waals surface area contributed by atoms with Crippen LogP contribution in [0.2, 0.25) is 5.02 Å². The van der Waals surface area contributed by atoms with E-state index in [4.69, 9.17) is 22.6 Å². The van der Waals surface area contributed by atoms with E-state index < -0.39 is 12.0 Å². The van der Waals surface area contributed by atoms with E-state index in [-0.39, 0.29) is 25.2 Å². The van der Waals surface area contributed by atoms with Crippen LogP contribution in [0.1, 0.15) is 17.8 Å². The molecule has 1 aliphatic heterocycles. The molecule has 7 nitrogen and oxygen atoms in total. The molecule has 1 fully saturated rings. The number of anilines is 1. The molecule has 10 heteroatoms. The van der Waals surface area contributed by atoms with Crippen molar-refractivity contribution in [1.29, 1.82) is 5.26 Å². The van der Waals surface area contributed by atoms with Gasteiger partial charge in [0.2, 0.25) is 5.95 Å². The van der Waals surface area contributed by atoms with E-state index >= 15 is 0 Å². The first-order chi connectivity index (χ1) is 13.4. The van der Waals surface area contributed by atoms with Crippen LogP contribution in [0, 0.1) is 11.3 Å². The zero-order valence-electron chi connectivity index (χ0n) is 14.7. The number of piperidine rings is 1. The fourth-order valence-corrected chi connectivity index (χ4v) is 3.42. The van der Waals surface area contributed by atoms with Gasteiger partial charge in [-0.2, -0.15) is 5.26 Å². The van der Waals surface area contributed by atoms with Crippen molar-refractivity contribution >= 4 is 28.6 Å². The molecule has 1 unspecified atom stereocenters. The van der Waals surface area contributed by atoms with E-state index in [1.807, 2.05) is 16.7 Å². The fourth-order valence-electron chi connectivity index (χ4n) is 3.26. The Morgan fingerprint density at radius 3 is 2.82 bits per heavy atom. The van der Waals surface area contributed by atoms with Crippen molar-refractivity contribution in [2.24, 2.45) is 5.73 Å². The molecule has 4 rings (SSSR count). The van der Waals surface area contributed by atoms with Gasteiger partial charge in [-0.3, -0.25) is 4.98 Å². The van der Waals surface area contributed by atoms with E-state index in [1.54, 1.807) is 17.0 Å². The average molecular weight is 404 g/mol. The van der Waals surface area contributed by atoms with Crippen molar-refractivity contribution in [3.63, 3.8) is 0 Å². The summed E-state index contributed by atoms with van der Waals surface area (Å²) in [5.74, 6) is -2.37. The number of fused-ring (bicyclic) bond motifs is 1. The van der Waals surface area contributed by atoms with Crippen molar-refractivity contribution in [2.45, 2.75) is 24.9 Å². The van der Waals surface area contributed by atoms with Gasteiger partial charge in [-0.15, -0.1) is 0 Å². The summed E-state index contributed by atoms with van der Waals surface area (Å²) in [5, 5.41) is 9.41. The van der Waals surface area contributed by atoms with Crippen molar-refractivity contribution < 1.29 is 8.78 Å². The highest BCUT2D eigenvalue weighted by Crippen LogP contribution is 2.32. The van der Waals surface area contributed by atoms with Gasteiger partial charge >= 0.3 is 0 Å². The monoisotopic (exact) mass is 403 g/mol. The fraction of sp³-hybridized carbons (Fsp3) is 0.333. The average Bonchev–Trinajstić information content (AvgIpc) is 3.02. The molecule has 3 aromatic rings. The molecule has 0 saturated carbocycles. The molecule has 144 valence electrons. The standard InChI is InChI=1S/C18H16ClF2N7/c19-11-1-2-15-14(5-11)26-17(27-4-3-18(20,21)16(23)10-27)28(15)9-13-8-24-12(6-22)7-25-13/h1-2,5,7-8,16H,3-4,9-10,23H2. The Labute approximate surface area is 164 Å². The topological polar surface area (TPSA) is 96.7 Å². The Hall–Kier alpha value is -2.83. The van der Waals surface area contributed by atoms with E-state index in [0.717, 1.165) is 5.52 Å². The molecule has 0 amide bonds. The molecular formula is C18H16ClF2N7. The second-order valence-electron chi connectivity index (χ2n) is 6.70. The largest absolute Gasteiger partial charge is 0.340 e. The zero-order chi connectivity index (χ0) is 19.9. The van der Waals surface area contributed by atoms with Crippen molar-refractivity contribution in [1.82, 2.24) is 19.5 Å². The maximum absolute atomic E-state index is 13.8. The number of halogens is 3. The summed E-state index contributed by atoms with van der Waals surface area (Å²) in [6.45, 7) is 0.439. The van der Waals surface area contributed by atoms with Crippen LogP contribution < -0.4 is 10.6 Å². The predicted octanol–water partition coefficient (Wildman–Crippen LogP) is 2.57. The molecule has 28 heavy (non-hydrogen) atoms. The van der Waals surface area contributed by atoms with E-state index in [0.29, 0.717) is 28.7 Å². The summed E-state index contributed by atoms with van der Waals surface area (Å²) in [7, 11) is 0. The first kappa shape index (κ1) is 18.5. The van der Waals surface area contributed by atoms with Crippen LogP contribution in [-0.2, 0) is 6.54 Å². The van der Waals surface area contributed by atoms with Gasteiger partial charge in [-0.25, -0.2) is 18.7 Å². The smallest absolute Gasteiger partial charge is 0.266 e. The summed E-state index contributed by atoms with van der Waals surface area (Å²) in [6.07, 6.45) is 2.57. The molecule has 0 aliphatic carbocycles. The number of aromatic nitrogens is 4. The number of rotatable bonds is 3. The van der Waals surface area contributed by atoms with Crippen LogP contribution in [0.4, 0.5) is 14.7 Å². The Morgan fingerprint density at radius 2 is 2.14 bits per heavy atom. The molecule has 1 atom stereocenters. The first-order valence-electron chi connectivity index (χ1n) is 8.62. The summed E-state index contributed by atoms with van der Waals surface area (Å²) in [4.78, 5) is 14.7. The second-order valence-corrected chi connectivity index (χ2v) is 7.14. The third-order valence-corrected chi connectivity index (χ3v) is 5.02. The third kappa shape index (κ3) is 3.37. The zero-order valence-corrected chi connectivity index (χ0v) is 15.4. The number of imidazole rings is 1. The Morgan fingerprint density at radius 1 is 1.32 bits per heavy atom. The number of alkyl halides is 2. The van der Waals surface area contributed by atoms with Gasteiger partial charge in [-0.05, 0) is 18.2 Å². The highest BCUT2D eigenvalue weighted by molar-refractivity contribution is 6.31. The Balaban J connectivity index is 1.75. The molecule has 2 N–H and O–H groups in total. The van der Waals surface area contributed by atoms with Gasteiger partial charge in [0.15, 0.2) is 5.69 Å². The van der Waals surface area contributed by atoms with Crippen LogP contribution >= 0.6 is 11.6 Å². The Bertz CT molecular complexity index is 1060. The lowest BCUT2D eigenvalue weighted by molar-refractivity contribution is -0.0395. The van der Waals surface area contributed by atoms with E-state index in [1.165, 1.54) is 12.4 Å². The maximum atomic E-state index is 13.8. The third-order valence-electron chi connectivity index (χ3n) is 4.79. The lowest BCUT2D eigenvalue weighted by atomic mass is 10.0. The number of nitriles is 1. The van der Waals surface area contributed by atoms with E-state index in [2.05, 4.69) is 15.0 Å². The number of nitrogens with two attached hydrogens (primary N) is 1.